The third-order valence-corrected chi connectivity index (χ3v) is 3.50. The molecule has 1 aliphatic heterocycles. The Morgan fingerprint density at radius 2 is 2.14 bits per heavy atom. The van der Waals surface area contributed by atoms with E-state index in [1.807, 2.05) is 19.1 Å². The molecule has 0 fully saturated rings. The largest absolute Gasteiger partial charge is 0.496 e. The van der Waals surface area contributed by atoms with Crippen molar-refractivity contribution < 1.29 is 13.9 Å². The van der Waals surface area contributed by atoms with Gasteiger partial charge in [-0.1, -0.05) is 0 Å². The number of methoxy groups -OCH3 is 1. The van der Waals surface area contributed by atoms with Gasteiger partial charge < -0.3 is 15.2 Å². The number of fused-ring (bicyclic) bond motifs is 1. The Bertz CT molecular complexity index is 695. The summed E-state index contributed by atoms with van der Waals surface area (Å²) in [4.78, 5) is 8.17. The molecule has 0 aliphatic carbocycles. The van der Waals surface area contributed by atoms with Gasteiger partial charge in [-0.25, -0.2) is 14.4 Å². The van der Waals surface area contributed by atoms with Crippen molar-refractivity contribution in [3.8, 4) is 22.9 Å². The number of benzene rings is 1. The SMILES string of the molecule is COc1cc2c(cc1-c1nc(C)c(F)c(N)n1)OC(C)C2. The predicted octanol–water partition coefficient (Wildman–Crippen LogP) is 2.51. The Balaban J connectivity index is 2.16. The number of nitrogens with zero attached hydrogens (tertiary/aromatic N) is 2. The Morgan fingerprint density at radius 3 is 2.81 bits per heavy atom. The summed E-state index contributed by atoms with van der Waals surface area (Å²) in [5.41, 5.74) is 7.51. The van der Waals surface area contributed by atoms with Gasteiger partial charge in [0, 0.05) is 12.0 Å². The van der Waals surface area contributed by atoms with E-state index in [2.05, 4.69) is 9.97 Å². The molecule has 0 saturated carbocycles. The first-order valence-corrected chi connectivity index (χ1v) is 6.67. The second kappa shape index (κ2) is 4.87. The maximum atomic E-state index is 13.6. The van der Waals surface area contributed by atoms with Crippen molar-refractivity contribution in [1.82, 2.24) is 9.97 Å². The highest BCUT2D eigenvalue weighted by Gasteiger charge is 2.23. The number of ether oxygens (including phenoxy) is 2. The minimum Gasteiger partial charge on any atom is -0.496 e. The Hall–Kier alpha value is -2.37. The fourth-order valence-electron chi connectivity index (χ4n) is 2.48. The lowest BCUT2D eigenvalue weighted by molar-refractivity contribution is 0.254. The van der Waals surface area contributed by atoms with Gasteiger partial charge in [-0.05, 0) is 26.0 Å². The molecule has 0 saturated heterocycles. The van der Waals surface area contributed by atoms with Gasteiger partial charge in [-0.2, -0.15) is 0 Å². The van der Waals surface area contributed by atoms with Gasteiger partial charge in [0.15, 0.2) is 17.5 Å². The van der Waals surface area contributed by atoms with E-state index in [1.165, 1.54) is 0 Å². The number of aryl methyl sites for hydroxylation is 1. The number of aromatic nitrogens is 2. The lowest BCUT2D eigenvalue weighted by Gasteiger charge is -2.11. The van der Waals surface area contributed by atoms with Crippen LogP contribution < -0.4 is 15.2 Å². The molecule has 6 heteroatoms. The van der Waals surface area contributed by atoms with Crippen LogP contribution >= 0.6 is 0 Å². The molecular formula is C15H16FN3O2. The van der Waals surface area contributed by atoms with Crippen molar-refractivity contribution >= 4 is 5.82 Å². The Kier molecular flexibility index (Phi) is 3.16. The Labute approximate surface area is 121 Å². The summed E-state index contributed by atoms with van der Waals surface area (Å²) in [5.74, 6) is 0.964. The molecule has 3 rings (SSSR count). The van der Waals surface area contributed by atoms with E-state index in [0.717, 1.165) is 17.7 Å². The van der Waals surface area contributed by atoms with Gasteiger partial charge >= 0.3 is 0 Å². The van der Waals surface area contributed by atoms with Crippen molar-refractivity contribution in [3.05, 3.63) is 29.2 Å². The summed E-state index contributed by atoms with van der Waals surface area (Å²) in [6.45, 7) is 3.55. The zero-order valence-electron chi connectivity index (χ0n) is 12.1. The van der Waals surface area contributed by atoms with E-state index in [0.29, 0.717) is 17.1 Å². The molecule has 1 aromatic carbocycles. The summed E-state index contributed by atoms with van der Waals surface area (Å²) >= 11 is 0. The third kappa shape index (κ3) is 2.26. The van der Waals surface area contributed by atoms with Crippen molar-refractivity contribution in [2.45, 2.75) is 26.4 Å². The van der Waals surface area contributed by atoms with Gasteiger partial charge in [0.25, 0.3) is 0 Å². The van der Waals surface area contributed by atoms with Gasteiger partial charge in [0.1, 0.15) is 17.6 Å². The summed E-state index contributed by atoms with van der Waals surface area (Å²) < 4.78 is 24.7. The predicted molar refractivity (Wildman–Crippen MR) is 76.9 cm³/mol. The standard InChI is InChI=1S/C15H16FN3O2/c1-7-4-9-5-12(20-3)10(6-11(9)21-7)15-18-8(2)13(16)14(17)19-15/h5-7H,4H2,1-3H3,(H2,17,18,19). The van der Waals surface area contributed by atoms with Crippen LogP contribution in [0.5, 0.6) is 11.5 Å². The average molecular weight is 289 g/mol. The molecule has 1 unspecified atom stereocenters. The number of nitrogen functional groups attached to an aromatic ring is 1. The molecule has 2 N–H and O–H groups in total. The van der Waals surface area contributed by atoms with Crippen molar-refractivity contribution in [2.75, 3.05) is 12.8 Å². The van der Waals surface area contributed by atoms with E-state index in [9.17, 15) is 4.39 Å². The highest BCUT2D eigenvalue weighted by atomic mass is 19.1. The van der Waals surface area contributed by atoms with E-state index < -0.39 is 5.82 Å². The smallest absolute Gasteiger partial charge is 0.186 e. The van der Waals surface area contributed by atoms with Gasteiger partial charge in [0.05, 0.1) is 18.4 Å². The molecule has 0 bridgehead atoms. The van der Waals surface area contributed by atoms with Crippen molar-refractivity contribution in [2.24, 2.45) is 0 Å². The lowest BCUT2D eigenvalue weighted by Crippen LogP contribution is -2.05. The monoisotopic (exact) mass is 289 g/mol. The molecule has 2 heterocycles. The molecule has 1 aromatic heterocycles. The summed E-state index contributed by atoms with van der Waals surface area (Å²) in [6.07, 6.45) is 0.957. The topological polar surface area (TPSA) is 70.3 Å². The molecule has 0 amide bonds. The Morgan fingerprint density at radius 1 is 1.38 bits per heavy atom. The van der Waals surface area contributed by atoms with Crippen molar-refractivity contribution in [3.63, 3.8) is 0 Å². The molecule has 21 heavy (non-hydrogen) atoms. The molecular weight excluding hydrogens is 273 g/mol. The minimum atomic E-state index is -0.594. The minimum absolute atomic E-state index is 0.126. The third-order valence-electron chi connectivity index (χ3n) is 3.50. The highest BCUT2D eigenvalue weighted by Crippen LogP contribution is 2.39. The first kappa shape index (κ1) is 13.6. The number of hydrogen-bond donors (Lipinski definition) is 1. The molecule has 1 aliphatic rings. The van der Waals surface area contributed by atoms with Gasteiger partial charge in [-0.15, -0.1) is 0 Å². The molecule has 0 radical (unpaired) electrons. The van der Waals surface area contributed by atoms with Crippen LogP contribution in [0.1, 0.15) is 18.2 Å². The number of hydrogen-bond acceptors (Lipinski definition) is 5. The summed E-state index contributed by atoms with van der Waals surface area (Å²) in [6, 6.07) is 3.73. The van der Waals surface area contributed by atoms with Crippen LogP contribution in [0.4, 0.5) is 10.2 Å². The van der Waals surface area contributed by atoms with Gasteiger partial charge in [-0.3, -0.25) is 0 Å². The second-order valence-electron chi connectivity index (χ2n) is 5.12. The molecule has 5 nitrogen and oxygen atoms in total. The van der Waals surface area contributed by atoms with E-state index in [4.69, 9.17) is 15.2 Å². The average Bonchev–Trinajstić information content (AvgIpc) is 2.81. The number of nitrogens with two attached hydrogens (primary N) is 1. The molecule has 2 aromatic rings. The van der Waals surface area contributed by atoms with Crippen molar-refractivity contribution in [1.29, 1.82) is 0 Å². The summed E-state index contributed by atoms with van der Waals surface area (Å²) in [7, 11) is 1.57. The van der Waals surface area contributed by atoms with Crippen LogP contribution in [-0.2, 0) is 6.42 Å². The van der Waals surface area contributed by atoms with Crippen LogP contribution in [-0.4, -0.2) is 23.2 Å². The van der Waals surface area contributed by atoms with E-state index >= 15 is 0 Å². The van der Waals surface area contributed by atoms with Gasteiger partial charge in [0.2, 0.25) is 0 Å². The molecule has 1 atom stereocenters. The maximum Gasteiger partial charge on any atom is 0.186 e. The normalized spacial score (nSPS) is 16.5. The first-order valence-electron chi connectivity index (χ1n) is 6.67. The second-order valence-corrected chi connectivity index (χ2v) is 5.12. The van der Waals surface area contributed by atoms with E-state index in [-0.39, 0.29) is 17.6 Å². The summed E-state index contributed by atoms with van der Waals surface area (Å²) in [5, 5.41) is 0. The zero-order chi connectivity index (χ0) is 15.1. The lowest BCUT2D eigenvalue weighted by atomic mass is 10.1. The van der Waals surface area contributed by atoms with Crippen LogP contribution in [0, 0.1) is 12.7 Å². The number of rotatable bonds is 2. The quantitative estimate of drug-likeness (QED) is 0.919. The van der Waals surface area contributed by atoms with Crippen LogP contribution in [0.2, 0.25) is 0 Å². The zero-order valence-corrected chi connectivity index (χ0v) is 12.1. The fraction of sp³-hybridized carbons (Fsp3) is 0.333. The van der Waals surface area contributed by atoms with Crippen LogP contribution in [0.25, 0.3) is 11.4 Å². The fourth-order valence-corrected chi connectivity index (χ4v) is 2.48. The maximum absolute atomic E-state index is 13.6. The number of anilines is 1. The van der Waals surface area contributed by atoms with Crippen LogP contribution in [0.3, 0.4) is 0 Å². The molecule has 0 spiro atoms. The number of halogens is 1. The van der Waals surface area contributed by atoms with E-state index in [1.54, 1.807) is 14.0 Å². The highest BCUT2D eigenvalue weighted by molar-refractivity contribution is 5.69. The molecule has 110 valence electrons. The van der Waals surface area contributed by atoms with Crippen LogP contribution in [0.15, 0.2) is 12.1 Å². The first-order chi connectivity index (χ1) is 9.99.